The topological polar surface area (TPSA) is 40.5 Å². The van der Waals surface area contributed by atoms with Gasteiger partial charge in [-0.2, -0.15) is 0 Å². The first kappa shape index (κ1) is 14.9. The van der Waals surface area contributed by atoms with Gasteiger partial charge in [-0.1, -0.05) is 13.0 Å². The fraction of sp³-hybridized carbons (Fsp3) is 0.533. The van der Waals surface area contributed by atoms with Gasteiger partial charge in [0.25, 0.3) is 0 Å². The Kier molecular flexibility index (Phi) is 4.70. The minimum absolute atomic E-state index is 0.0708. The molecule has 1 fully saturated rings. The SMILES string of the molecule is CCC1CN(C(=O)Cc2ccc(F)cc2F)CCC1O. The van der Waals surface area contributed by atoms with E-state index in [0.29, 0.717) is 19.5 Å². The zero-order valence-corrected chi connectivity index (χ0v) is 11.5. The number of carbonyl (C=O) groups excluding carboxylic acids is 1. The van der Waals surface area contributed by atoms with Gasteiger partial charge in [-0.3, -0.25) is 4.79 Å². The molecule has 3 nitrogen and oxygen atoms in total. The number of hydrogen-bond acceptors (Lipinski definition) is 2. The first-order chi connectivity index (χ1) is 9.51. The lowest BCUT2D eigenvalue weighted by Gasteiger charge is -2.35. The molecule has 1 heterocycles. The predicted molar refractivity (Wildman–Crippen MR) is 71.0 cm³/mol. The van der Waals surface area contributed by atoms with E-state index in [1.165, 1.54) is 6.07 Å². The molecule has 0 aromatic heterocycles. The number of nitrogens with zero attached hydrogens (tertiary/aromatic N) is 1. The van der Waals surface area contributed by atoms with Crippen LogP contribution in [0.5, 0.6) is 0 Å². The molecule has 0 aliphatic carbocycles. The van der Waals surface area contributed by atoms with Crippen molar-refractivity contribution in [2.45, 2.75) is 32.3 Å². The molecule has 2 unspecified atom stereocenters. The van der Waals surface area contributed by atoms with Crippen LogP contribution in [-0.4, -0.2) is 35.1 Å². The molecule has 0 spiro atoms. The standard InChI is InChI=1S/C15H19F2NO2/c1-2-10-9-18(6-5-14(10)19)15(20)7-11-3-4-12(16)8-13(11)17/h3-4,8,10,14,19H,2,5-7,9H2,1H3. The van der Waals surface area contributed by atoms with Crippen molar-refractivity contribution in [1.29, 1.82) is 0 Å². The van der Waals surface area contributed by atoms with Gasteiger partial charge in [0.15, 0.2) is 0 Å². The van der Waals surface area contributed by atoms with Crippen LogP contribution in [0.1, 0.15) is 25.3 Å². The molecule has 1 aromatic rings. The van der Waals surface area contributed by atoms with E-state index in [1.54, 1.807) is 4.90 Å². The minimum Gasteiger partial charge on any atom is -0.393 e. The lowest BCUT2D eigenvalue weighted by molar-refractivity contribution is -0.134. The van der Waals surface area contributed by atoms with E-state index >= 15 is 0 Å². The highest BCUT2D eigenvalue weighted by Crippen LogP contribution is 2.21. The van der Waals surface area contributed by atoms with Crippen LogP contribution in [0.4, 0.5) is 8.78 Å². The number of piperidine rings is 1. The summed E-state index contributed by atoms with van der Waals surface area (Å²) in [5.74, 6) is -1.44. The van der Waals surface area contributed by atoms with Crippen molar-refractivity contribution in [3.05, 3.63) is 35.4 Å². The normalized spacial score (nSPS) is 22.9. The van der Waals surface area contributed by atoms with Crippen molar-refractivity contribution < 1.29 is 18.7 Å². The van der Waals surface area contributed by atoms with Gasteiger partial charge in [0.1, 0.15) is 11.6 Å². The van der Waals surface area contributed by atoms with Crippen LogP contribution >= 0.6 is 0 Å². The summed E-state index contributed by atoms with van der Waals surface area (Å²) in [4.78, 5) is 13.8. The summed E-state index contributed by atoms with van der Waals surface area (Å²) in [6, 6.07) is 3.25. The maximum Gasteiger partial charge on any atom is 0.227 e. The highest BCUT2D eigenvalue weighted by molar-refractivity contribution is 5.79. The van der Waals surface area contributed by atoms with Crippen molar-refractivity contribution in [3.8, 4) is 0 Å². The Hall–Kier alpha value is -1.49. The first-order valence-electron chi connectivity index (χ1n) is 6.91. The number of aliphatic hydroxyl groups is 1. The fourth-order valence-electron chi connectivity index (χ4n) is 2.59. The molecule has 0 radical (unpaired) electrons. The number of benzene rings is 1. The lowest BCUT2D eigenvalue weighted by Crippen LogP contribution is -2.46. The molecule has 1 aliphatic heterocycles. The van der Waals surface area contributed by atoms with Gasteiger partial charge in [0.2, 0.25) is 5.91 Å². The molecule has 20 heavy (non-hydrogen) atoms. The summed E-state index contributed by atoms with van der Waals surface area (Å²) in [6.07, 6.45) is 0.914. The third-order valence-corrected chi connectivity index (χ3v) is 3.93. The highest BCUT2D eigenvalue weighted by Gasteiger charge is 2.29. The van der Waals surface area contributed by atoms with Crippen LogP contribution in [-0.2, 0) is 11.2 Å². The van der Waals surface area contributed by atoms with Gasteiger partial charge in [-0.05, 0) is 24.5 Å². The zero-order chi connectivity index (χ0) is 14.7. The van der Waals surface area contributed by atoms with Crippen LogP contribution in [0.2, 0.25) is 0 Å². The molecule has 1 amide bonds. The molecular formula is C15H19F2NO2. The van der Waals surface area contributed by atoms with Gasteiger partial charge in [0, 0.05) is 25.1 Å². The molecule has 0 bridgehead atoms. The van der Waals surface area contributed by atoms with Crippen molar-refractivity contribution >= 4 is 5.91 Å². The first-order valence-corrected chi connectivity index (χ1v) is 6.91. The number of likely N-dealkylation sites (tertiary alicyclic amines) is 1. The largest absolute Gasteiger partial charge is 0.393 e. The lowest BCUT2D eigenvalue weighted by atomic mass is 9.92. The summed E-state index contributed by atoms with van der Waals surface area (Å²) in [7, 11) is 0. The number of halogens is 2. The predicted octanol–water partition coefficient (Wildman–Crippen LogP) is 2.13. The summed E-state index contributed by atoms with van der Waals surface area (Å²) < 4.78 is 26.3. The van der Waals surface area contributed by atoms with Gasteiger partial charge in [-0.15, -0.1) is 0 Å². The van der Waals surface area contributed by atoms with E-state index in [9.17, 15) is 18.7 Å². The molecule has 1 saturated heterocycles. The van der Waals surface area contributed by atoms with Crippen LogP contribution in [0, 0.1) is 17.6 Å². The van der Waals surface area contributed by atoms with Crippen molar-refractivity contribution in [3.63, 3.8) is 0 Å². The Morgan fingerprint density at radius 3 is 2.85 bits per heavy atom. The van der Waals surface area contributed by atoms with Crippen LogP contribution in [0.25, 0.3) is 0 Å². The average molecular weight is 283 g/mol. The maximum absolute atomic E-state index is 13.5. The Labute approximate surface area is 117 Å². The van der Waals surface area contributed by atoms with E-state index in [4.69, 9.17) is 0 Å². The summed E-state index contributed by atoms with van der Waals surface area (Å²) in [5.41, 5.74) is 0.204. The minimum atomic E-state index is -0.692. The van der Waals surface area contributed by atoms with Gasteiger partial charge in [0.05, 0.1) is 12.5 Å². The number of carbonyl (C=O) groups is 1. The molecule has 0 saturated carbocycles. The monoisotopic (exact) mass is 283 g/mol. The zero-order valence-electron chi connectivity index (χ0n) is 11.5. The summed E-state index contributed by atoms with van der Waals surface area (Å²) in [5, 5.41) is 9.79. The molecule has 1 aliphatic rings. The number of aliphatic hydroxyl groups excluding tert-OH is 1. The van der Waals surface area contributed by atoms with Crippen molar-refractivity contribution in [2.24, 2.45) is 5.92 Å². The van der Waals surface area contributed by atoms with E-state index in [0.717, 1.165) is 18.6 Å². The van der Waals surface area contributed by atoms with E-state index in [2.05, 4.69) is 0 Å². The Morgan fingerprint density at radius 2 is 2.20 bits per heavy atom. The van der Waals surface area contributed by atoms with E-state index in [-0.39, 0.29) is 29.9 Å². The Morgan fingerprint density at radius 1 is 1.45 bits per heavy atom. The highest BCUT2D eigenvalue weighted by atomic mass is 19.1. The third kappa shape index (κ3) is 3.33. The van der Waals surface area contributed by atoms with Crippen molar-refractivity contribution in [2.75, 3.05) is 13.1 Å². The van der Waals surface area contributed by atoms with Gasteiger partial charge in [-0.25, -0.2) is 8.78 Å². The quantitative estimate of drug-likeness (QED) is 0.923. The van der Waals surface area contributed by atoms with Gasteiger partial charge >= 0.3 is 0 Å². The summed E-state index contributed by atoms with van der Waals surface area (Å²) in [6.45, 7) is 2.96. The number of amides is 1. The molecule has 1 N–H and O–H groups in total. The van der Waals surface area contributed by atoms with Crippen LogP contribution < -0.4 is 0 Å². The molecular weight excluding hydrogens is 264 g/mol. The fourth-order valence-corrected chi connectivity index (χ4v) is 2.59. The second kappa shape index (κ2) is 6.31. The third-order valence-electron chi connectivity index (χ3n) is 3.93. The average Bonchev–Trinajstić information content (AvgIpc) is 2.42. The van der Waals surface area contributed by atoms with Crippen molar-refractivity contribution in [1.82, 2.24) is 4.90 Å². The molecule has 1 aromatic carbocycles. The summed E-state index contributed by atoms with van der Waals surface area (Å²) >= 11 is 0. The van der Waals surface area contributed by atoms with Gasteiger partial charge < -0.3 is 10.0 Å². The second-order valence-corrected chi connectivity index (χ2v) is 5.28. The van der Waals surface area contributed by atoms with E-state index in [1.807, 2.05) is 6.92 Å². The molecule has 2 rings (SSSR count). The molecule has 110 valence electrons. The van der Waals surface area contributed by atoms with E-state index < -0.39 is 11.6 Å². The molecule has 5 heteroatoms. The van der Waals surface area contributed by atoms with Crippen LogP contribution in [0.3, 0.4) is 0 Å². The second-order valence-electron chi connectivity index (χ2n) is 5.28. The number of rotatable bonds is 3. The number of hydrogen-bond donors (Lipinski definition) is 1. The Bertz CT molecular complexity index is 493. The molecule has 2 atom stereocenters. The Balaban J connectivity index is 2.01. The maximum atomic E-state index is 13.5. The van der Waals surface area contributed by atoms with Crippen LogP contribution in [0.15, 0.2) is 18.2 Å². The smallest absolute Gasteiger partial charge is 0.227 e.